The minimum atomic E-state index is 0.676. The molecule has 0 unspecified atom stereocenters. The van der Waals surface area contributed by atoms with Gasteiger partial charge in [0, 0.05) is 16.8 Å². The van der Waals surface area contributed by atoms with Crippen molar-refractivity contribution in [3.05, 3.63) is 72.3 Å². The van der Waals surface area contributed by atoms with Crippen LogP contribution in [0.25, 0.3) is 33.5 Å². The zero-order chi connectivity index (χ0) is 16.5. The number of nitrogens with zero attached hydrogens (tertiary/aromatic N) is 1. The second kappa shape index (κ2) is 5.66. The Balaban J connectivity index is 1.81. The number of anilines is 1. The van der Waals surface area contributed by atoms with Crippen LogP contribution < -0.4 is 5.73 Å². The zero-order valence-corrected chi connectivity index (χ0v) is 12.9. The number of nitrogen functional groups attached to an aromatic ring is 1. The van der Waals surface area contributed by atoms with E-state index in [0.717, 1.165) is 45.5 Å². The van der Waals surface area contributed by atoms with Crippen molar-refractivity contribution in [3.8, 4) is 22.5 Å². The predicted octanol–water partition coefficient (Wildman–Crippen LogP) is 4.29. The molecule has 0 spiro atoms. The van der Waals surface area contributed by atoms with Gasteiger partial charge in [-0.1, -0.05) is 30.3 Å². The number of aromatic nitrogens is 2. The third-order valence-corrected chi connectivity index (χ3v) is 4.06. The number of imidazole rings is 1. The van der Waals surface area contributed by atoms with Crippen LogP contribution in [0.2, 0.25) is 0 Å². The number of aromatic amines is 1. The third kappa shape index (κ3) is 2.44. The van der Waals surface area contributed by atoms with E-state index in [1.165, 1.54) is 0 Å². The normalized spacial score (nSPS) is 10.8. The first kappa shape index (κ1) is 14.2. The smallest absolute Gasteiger partial charge is 0.150 e. The van der Waals surface area contributed by atoms with Crippen LogP contribution in [0.3, 0.4) is 0 Å². The number of carbonyl (C=O) groups is 1. The van der Waals surface area contributed by atoms with Gasteiger partial charge in [-0.25, -0.2) is 4.98 Å². The van der Waals surface area contributed by atoms with E-state index >= 15 is 0 Å². The Morgan fingerprint density at radius 1 is 0.917 bits per heavy atom. The topological polar surface area (TPSA) is 71.8 Å². The third-order valence-electron chi connectivity index (χ3n) is 4.06. The number of aldehydes is 1. The summed E-state index contributed by atoms with van der Waals surface area (Å²) in [4.78, 5) is 19.2. The number of nitrogens with two attached hydrogens (primary N) is 1. The number of benzene rings is 3. The summed E-state index contributed by atoms with van der Waals surface area (Å²) in [6.45, 7) is 0. The molecular formula is C20H15N3O. The highest BCUT2D eigenvalue weighted by Gasteiger charge is 2.08. The standard InChI is InChI=1S/C20H15N3O/c21-16-8-5-13(6-9-16)20-22-18-10-7-14(11-19(18)23-20)17-4-2-1-3-15(17)12-24/h1-12H,21H2,(H,22,23). The lowest BCUT2D eigenvalue weighted by molar-refractivity contribution is 0.112. The molecule has 24 heavy (non-hydrogen) atoms. The Morgan fingerprint density at radius 2 is 1.67 bits per heavy atom. The SMILES string of the molecule is Nc1ccc(-c2nc3ccc(-c4ccccc4C=O)cc3[nH]2)cc1. The van der Waals surface area contributed by atoms with Crippen LogP contribution in [-0.4, -0.2) is 16.3 Å². The molecular weight excluding hydrogens is 298 g/mol. The molecule has 4 rings (SSSR count). The van der Waals surface area contributed by atoms with Gasteiger partial charge >= 0.3 is 0 Å². The van der Waals surface area contributed by atoms with Crippen LogP contribution >= 0.6 is 0 Å². The minimum Gasteiger partial charge on any atom is -0.399 e. The molecule has 3 aromatic carbocycles. The quantitative estimate of drug-likeness (QED) is 0.438. The molecule has 4 nitrogen and oxygen atoms in total. The molecule has 0 fully saturated rings. The number of hydrogen-bond acceptors (Lipinski definition) is 3. The molecule has 0 bridgehead atoms. The van der Waals surface area contributed by atoms with Gasteiger partial charge in [0.1, 0.15) is 5.82 Å². The molecule has 1 heterocycles. The molecule has 0 aliphatic heterocycles. The fourth-order valence-corrected chi connectivity index (χ4v) is 2.82. The van der Waals surface area contributed by atoms with Gasteiger partial charge in [-0.3, -0.25) is 4.79 Å². The monoisotopic (exact) mass is 313 g/mol. The molecule has 3 N–H and O–H groups in total. The maximum Gasteiger partial charge on any atom is 0.150 e. The van der Waals surface area contributed by atoms with Crippen LogP contribution in [0.5, 0.6) is 0 Å². The number of H-pyrrole nitrogens is 1. The van der Waals surface area contributed by atoms with Gasteiger partial charge in [0.2, 0.25) is 0 Å². The Kier molecular flexibility index (Phi) is 3.35. The zero-order valence-electron chi connectivity index (χ0n) is 12.9. The summed E-state index contributed by atoms with van der Waals surface area (Å²) in [6, 6.07) is 21.1. The number of fused-ring (bicyclic) bond motifs is 1. The van der Waals surface area contributed by atoms with E-state index in [1.54, 1.807) is 0 Å². The first-order valence-corrected chi connectivity index (χ1v) is 7.65. The highest BCUT2D eigenvalue weighted by Crippen LogP contribution is 2.27. The second-order valence-electron chi connectivity index (χ2n) is 5.64. The summed E-state index contributed by atoms with van der Waals surface area (Å²) in [6.07, 6.45) is 0.881. The van der Waals surface area contributed by atoms with Crippen LogP contribution in [0.4, 0.5) is 5.69 Å². The lowest BCUT2D eigenvalue weighted by Crippen LogP contribution is -1.86. The molecule has 0 aliphatic rings. The Hall–Kier alpha value is -3.40. The predicted molar refractivity (Wildman–Crippen MR) is 96.8 cm³/mol. The number of hydrogen-bond donors (Lipinski definition) is 2. The fourth-order valence-electron chi connectivity index (χ4n) is 2.82. The van der Waals surface area contributed by atoms with E-state index < -0.39 is 0 Å². The average molecular weight is 313 g/mol. The van der Waals surface area contributed by atoms with E-state index in [2.05, 4.69) is 9.97 Å². The summed E-state index contributed by atoms with van der Waals surface area (Å²) >= 11 is 0. The van der Waals surface area contributed by atoms with Crippen LogP contribution in [-0.2, 0) is 0 Å². The van der Waals surface area contributed by atoms with Crippen LogP contribution in [0.15, 0.2) is 66.7 Å². The van der Waals surface area contributed by atoms with E-state index in [-0.39, 0.29) is 0 Å². The molecule has 0 atom stereocenters. The largest absolute Gasteiger partial charge is 0.399 e. The molecule has 116 valence electrons. The number of nitrogens with one attached hydrogen (secondary N) is 1. The summed E-state index contributed by atoms with van der Waals surface area (Å²) in [5.41, 5.74) is 11.8. The fraction of sp³-hybridized carbons (Fsp3) is 0. The summed E-state index contributed by atoms with van der Waals surface area (Å²) in [7, 11) is 0. The van der Waals surface area contributed by atoms with Crippen molar-refractivity contribution >= 4 is 23.0 Å². The average Bonchev–Trinajstić information content (AvgIpc) is 3.05. The Morgan fingerprint density at radius 3 is 2.46 bits per heavy atom. The lowest BCUT2D eigenvalue weighted by Gasteiger charge is -2.04. The molecule has 0 aliphatic carbocycles. The van der Waals surface area contributed by atoms with Gasteiger partial charge in [0.15, 0.2) is 6.29 Å². The summed E-state index contributed by atoms with van der Waals surface area (Å²) in [5.74, 6) is 0.797. The molecule has 4 heteroatoms. The van der Waals surface area contributed by atoms with Crippen molar-refractivity contribution in [1.29, 1.82) is 0 Å². The molecule has 4 aromatic rings. The van der Waals surface area contributed by atoms with E-state index in [9.17, 15) is 4.79 Å². The van der Waals surface area contributed by atoms with E-state index in [0.29, 0.717) is 5.56 Å². The van der Waals surface area contributed by atoms with Crippen molar-refractivity contribution in [2.45, 2.75) is 0 Å². The van der Waals surface area contributed by atoms with Crippen molar-refractivity contribution in [2.75, 3.05) is 5.73 Å². The maximum atomic E-state index is 11.3. The van der Waals surface area contributed by atoms with Gasteiger partial charge in [-0.2, -0.15) is 0 Å². The highest BCUT2D eigenvalue weighted by molar-refractivity contribution is 5.91. The van der Waals surface area contributed by atoms with E-state index in [1.807, 2.05) is 66.7 Å². The van der Waals surface area contributed by atoms with Crippen molar-refractivity contribution < 1.29 is 4.79 Å². The Labute approximate surface area is 139 Å². The van der Waals surface area contributed by atoms with Gasteiger partial charge in [-0.05, 0) is 47.5 Å². The lowest BCUT2D eigenvalue weighted by atomic mass is 10.0. The van der Waals surface area contributed by atoms with Crippen LogP contribution in [0, 0.1) is 0 Å². The number of carbonyl (C=O) groups excluding carboxylic acids is 1. The van der Waals surface area contributed by atoms with Gasteiger partial charge in [0.05, 0.1) is 11.0 Å². The molecule has 0 saturated carbocycles. The first-order valence-electron chi connectivity index (χ1n) is 7.65. The van der Waals surface area contributed by atoms with Gasteiger partial charge in [-0.15, -0.1) is 0 Å². The second-order valence-corrected chi connectivity index (χ2v) is 5.64. The van der Waals surface area contributed by atoms with E-state index in [4.69, 9.17) is 5.73 Å². The molecule has 0 saturated heterocycles. The van der Waals surface area contributed by atoms with Gasteiger partial charge < -0.3 is 10.7 Å². The van der Waals surface area contributed by atoms with Gasteiger partial charge in [0.25, 0.3) is 0 Å². The molecule has 0 amide bonds. The maximum absolute atomic E-state index is 11.3. The van der Waals surface area contributed by atoms with Crippen molar-refractivity contribution in [3.63, 3.8) is 0 Å². The first-order chi connectivity index (χ1) is 11.7. The summed E-state index contributed by atoms with van der Waals surface area (Å²) < 4.78 is 0. The Bertz CT molecular complexity index is 1030. The molecule has 0 radical (unpaired) electrons. The van der Waals surface area contributed by atoms with Crippen LogP contribution in [0.1, 0.15) is 10.4 Å². The molecule has 1 aromatic heterocycles. The van der Waals surface area contributed by atoms with Crippen molar-refractivity contribution in [2.24, 2.45) is 0 Å². The van der Waals surface area contributed by atoms with Crippen molar-refractivity contribution in [1.82, 2.24) is 9.97 Å². The minimum absolute atomic E-state index is 0.676. The highest BCUT2D eigenvalue weighted by atomic mass is 16.1. The summed E-state index contributed by atoms with van der Waals surface area (Å²) in [5, 5.41) is 0. The number of rotatable bonds is 3.